The van der Waals surface area contributed by atoms with Crippen molar-refractivity contribution in [1.29, 1.82) is 0 Å². The van der Waals surface area contributed by atoms with Gasteiger partial charge in [-0.3, -0.25) is 4.79 Å². The number of rotatable bonds is 6. The van der Waals surface area contributed by atoms with Crippen LogP contribution in [0.3, 0.4) is 0 Å². The first kappa shape index (κ1) is 16.8. The van der Waals surface area contributed by atoms with E-state index in [1.54, 1.807) is 18.8 Å². The van der Waals surface area contributed by atoms with Gasteiger partial charge in [-0.25, -0.2) is 0 Å². The predicted octanol–water partition coefficient (Wildman–Crippen LogP) is 1.86. The summed E-state index contributed by atoms with van der Waals surface area (Å²) in [6.07, 6.45) is 1.99. The van der Waals surface area contributed by atoms with Gasteiger partial charge in [0.15, 0.2) is 0 Å². The molecule has 20 heavy (non-hydrogen) atoms. The van der Waals surface area contributed by atoms with Crippen LogP contribution in [-0.2, 0) is 4.79 Å². The number of hydrogen-bond acceptors (Lipinski definition) is 4. The van der Waals surface area contributed by atoms with Crippen molar-refractivity contribution in [2.45, 2.75) is 11.8 Å². The lowest BCUT2D eigenvalue weighted by atomic mass is 10.1. The Kier molecular flexibility index (Phi) is 6.29. The van der Waals surface area contributed by atoms with E-state index in [1.165, 1.54) is 0 Å². The zero-order chi connectivity index (χ0) is 15.3. The molecule has 0 aromatic heterocycles. The fourth-order valence-electron chi connectivity index (χ4n) is 2.09. The summed E-state index contributed by atoms with van der Waals surface area (Å²) >= 11 is 6.78. The molecule has 1 amide bonds. The number of carbonyl (C=O) groups excluding carboxylic acids is 1. The van der Waals surface area contributed by atoms with Crippen LogP contribution in [0.2, 0.25) is 0 Å². The van der Waals surface area contributed by atoms with Gasteiger partial charge in [0.2, 0.25) is 5.91 Å². The topological polar surface area (TPSA) is 58.4 Å². The van der Waals surface area contributed by atoms with Crippen molar-refractivity contribution in [3.8, 4) is 0 Å². The molecule has 0 heterocycles. The third-order valence-electron chi connectivity index (χ3n) is 3.12. The molecule has 1 rings (SSSR count). The molecule has 0 aliphatic rings. The molecule has 0 saturated carbocycles. The Bertz CT molecular complexity index is 505. The van der Waals surface area contributed by atoms with E-state index < -0.39 is 0 Å². The van der Waals surface area contributed by atoms with Crippen molar-refractivity contribution >= 4 is 40.6 Å². The summed E-state index contributed by atoms with van der Waals surface area (Å²) in [5, 5.41) is 2.66. The van der Waals surface area contributed by atoms with Gasteiger partial charge in [0, 0.05) is 36.8 Å². The number of thiocarbonyl (C=S) groups is 1. The molecule has 1 atom stereocenters. The molecule has 0 spiro atoms. The number of carbonyl (C=O) groups is 1. The lowest BCUT2D eigenvalue weighted by molar-refractivity contribution is -0.123. The Morgan fingerprint density at radius 2 is 2.20 bits per heavy atom. The lowest BCUT2D eigenvalue weighted by Crippen LogP contribution is -2.35. The predicted molar refractivity (Wildman–Crippen MR) is 90.6 cm³/mol. The summed E-state index contributed by atoms with van der Waals surface area (Å²) in [6, 6.07) is 5.95. The summed E-state index contributed by atoms with van der Waals surface area (Å²) in [5.74, 6) is -0.0862. The van der Waals surface area contributed by atoms with Crippen LogP contribution in [0.5, 0.6) is 0 Å². The first-order chi connectivity index (χ1) is 9.42. The first-order valence-corrected chi connectivity index (χ1v) is 7.95. The summed E-state index contributed by atoms with van der Waals surface area (Å²) in [6.45, 7) is 2.50. The fraction of sp³-hybridized carbons (Fsp3) is 0.429. The quantitative estimate of drug-likeness (QED) is 0.620. The highest BCUT2D eigenvalue weighted by Crippen LogP contribution is 2.29. The van der Waals surface area contributed by atoms with Crippen LogP contribution >= 0.6 is 24.0 Å². The molecule has 4 nitrogen and oxygen atoms in total. The first-order valence-electron chi connectivity index (χ1n) is 6.31. The second kappa shape index (κ2) is 7.50. The monoisotopic (exact) mass is 311 g/mol. The number of nitrogens with one attached hydrogen (secondary N) is 1. The molecule has 0 aliphatic carbocycles. The Morgan fingerprint density at radius 1 is 1.55 bits per heavy atom. The minimum Gasteiger partial charge on any atom is -0.389 e. The fourth-order valence-corrected chi connectivity index (χ4v) is 3.01. The maximum Gasteiger partial charge on any atom is 0.224 e. The SMILES string of the molecule is CNC(=O)C(C)CN(C)c1cccc(SC)c1C(N)=S. The van der Waals surface area contributed by atoms with Crippen LogP contribution in [0, 0.1) is 5.92 Å². The second-order valence-corrected chi connectivity index (χ2v) is 5.90. The number of anilines is 1. The summed E-state index contributed by atoms with van der Waals surface area (Å²) in [7, 11) is 3.59. The van der Waals surface area contributed by atoms with Crippen molar-refractivity contribution in [1.82, 2.24) is 5.32 Å². The van der Waals surface area contributed by atoms with E-state index in [2.05, 4.69) is 5.32 Å². The molecule has 110 valence electrons. The van der Waals surface area contributed by atoms with Crippen molar-refractivity contribution < 1.29 is 4.79 Å². The number of nitrogens with zero attached hydrogens (tertiary/aromatic N) is 1. The smallest absolute Gasteiger partial charge is 0.224 e. The molecule has 3 N–H and O–H groups in total. The van der Waals surface area contributed by atoms with Crippen LogP contribution < -0.4 is 16.0 Å². The molecule has 0 saturated heterocycles. The largest absolute Gasteiger partial charge is 0.389 e. The average molecular weight is 311 g/mol. The van der Waals surface area contributed by atoms with Crippen molar-refractivity contribution in [2.24, 2.45) is 11.7 Å². The molecule has 0 aliphatic heterocycles. The van der Waals surface area contributed by atoms with Crippen LogP contribution in [0.25, 0.3) is 0 Å². The Hall–Kier alpha value is -1.27. The highest BCUT2D eigenvalue weighted by molar-refractivity contribution is 7.98. The molecule has 0 radical (unpaired) electrons. The van der Waals surface area contributed by atoms with Gasteiger partial charge in [-0.05, 0) is 18.4 Å². The molecule has 0 fully saturated rings. The van der Waals surface area contributed by atoms with E-state index >= 15 is 0 Å². The lowest BCUT2D eigenvalue weighted by Gasteiger charge is -2.25. The molecule has 1 aromatic carbocycles. The Morgan fingerprint density at radius 3 is 2.70 bits per heavy atom. The van der Waals surface area contributed by atoms with E-state index in [4.69, 9.17) is 18.0 Å². The van der Waals surface area contributed by atoms with Crippen molar-refractivity contribution in [3.63, 3.8) is 0 Å². The highest BCUT2D eigenvalue weighted by atomic mass is 32.2. The summed E-state index contributed by atoms with van der Waals surface area (Å²) in [4.78, 5) is 15.1. The van der Waals surface area contributed by atoms with Gasteiger partial charge in [0.1, 0.15) is 4.99 Å². The molecular formula is C14H21N3OS2. The number of nitrogens with two attached hydrogens (primary N) is 1. The van der Waals surface area contributed by atoms with Gasteiger partial charge in [0.25, 0.3) is 0 Å². The summed E-state index contributed by atoms with van der Waals surface area (Å²) in [5.41, 5.74) is 7.69. The third kappa shape index (κ3) is 3.86. The van der Waals surface area contributed by atoms with E-state index in [1.807, 2.05) is 43.3 Å². The zero-order valence-electron chi connectivity index (χ0n) is 12.3. The molecule has 0 bridgehead atoms. The van der Waals surface area contributed by atoms with Gasteiger partial charge >= 0.3 is 0 Å². The second-order valence-electron chi connectivity index (χ2n) is 4.61. The van der Waals surface area contributed by atoms with Gasteiger partial charge in [-0.1, -0.05) is 25.2 Å². The van der Waals surface area contributed by atoms with E-state index in [0.29, 0.717) is 11.5 Å². The highest BCUT2D eigenvalue weighted by Gasteiger charge is 2.18. The van der Waals surface area contributed by atoms with Gasteiger partial charge in [0.05, 0.1) is 5.92 Å². The maximum absolute atomic E-state index is 11.6. The van der Waals surface area contributed by atoms with Gasteiger partial charge < -0.3 is 16.0 Å². The van der Waals surface area contributed by atoms with Crippen LogP contribution in [0.1, 0.15) is 12.5 Å². The standard InChI is InChI=1S/C14H21N3OS2/c1-9(14(18)16-2)8-17(3)10-6-5-7-11(20-4)12(10)13(15)19/h5-7,9H,8H2,1-4H3,(H2,15,19)(H,16,18). The van der Waals surface area contributed by atoms with E-state index in [-0.39, 0.29) is 11.8 Å². The Labute approximate surface area is 130 Å². The van der Waals surface area contributed by atoms with Gasteiger partial charge in [-0.2, -0.15) is 0 Å². The third-order valence-corrected chi connectivity index (χ3v) is 4.11. The summed E-state index contributed by atoms with van der Waals surface area (Å²) < 4.78 is 0. The average Bonchev–Trinajstić information content (AvgIpc) is 2.44. The van der Waals surface area contributed by atoms with Crippen LogP contribution in [0.15, 0.2) is 23.1 Å². The molecular weight excluding hydrogens is 290 g/mol. The Balaban J connectivity index is 3.06. The molecule has 1 aromatic rings. The molecule has 1 unspecified atom stereocenters. The van der Waals surface area contributed by atoms with Crippen LogP contribution in [0.4, 0.5) is 5.69 Å². The van der Waals surface area contributed by atoms with Crippen molar-refractivity contribution in [3.05, 3.63) is 23.8 Å². The minimum absolute atomic E-state index is 0.0229. The zero-order valence-corrected chi connectivity index (χ0v) is 13.9. The van der Waals surface area contributed by atoms with Crippen LogP contribution in [-0.4, -0.2) is 37.8 Å². The minimum atomic E-state index is -0.109. The number of hydrogen-bond donors (Lipinski definition) is 2. The maximum atomic E-state index is 11.6. The van der Waals surface area contributed by atoms with E-state index in [0.717, 1.165) is 16.1 Å². The van der Waals surface area contributed by atoms with Crippen molar-refractivity contribution in [2.75, 3.05) is 31.8 Å². The number of amides is 1. The van der Waals surface area contributed by atoms with Gasteiger partial charge in [-0.15, -0.1) is 11.8 Å². The number of thioether (sulfide) groups is 1. The molecule has 6 heteroatoms. The number of benzene rings is 1. The normalized spacial score (nSPS) is 11.8. The van der Waals surface area contributed by atoms with E-state index in [9.17, 15) is 4.79 Å².